The number of anilines is 6. The molecule has 7 aromatic rings. The second-order valence-electron chi connectivity index (χ2n) is 26.5. The highest BCUT2D eigenvalue weighted by molar-refractivity contribution is 7.22. The Bertz CT molecular complexity index is 3040. The van der Waals surface area contributed by atoms with Gasteiger partial charge in [0.1, 0.15) is 10.0 Å². The molecule has 0 unspecified atom stereocenters. The Labute approximate surface area is 420 Å². The largest absolute Gasteiger partial charge is 0.311 e. The van der Waals surface area contributed by atoms with Crippen molar-refractivity contribution in [1.82, 2.24) is 4.98 Å². The molecule has 0 radical (unpaired) electrons. The highest BCUT2D eigenvalue weighted by Gasteiger charge is 2.47. The number of benzene rings is 6. The molecule has 1 aromatic heterocycles. The number of hydrogen-bond acceptors (Lipinski definition) is 4. The molecule has 3 nitrogen and oxygen atoms in total. The van der Waals surface area contributed by atoms with Gasteiger partial charge in [-0.3, -0.25) is 0 Å². The Hall–Kier alpha value is -5.39. The van der Waals surface area contributed by atoms with Crippen molar-refractivity contribution in [3.8, 4) is 21.7 Å². The maximum absolute atomic E-state index is 5.87. The zero-order valence-corrected chi connectivity index (χ0v) is 46.1. The molecule has 2 aliphatic heterocycles. The molecular weight excluding hydrogens is 854 g/mol. The van der Waals surface area contributed by atoms with Gasteiger partial charge in [0.25, 0.3) is 6.71 Å². The van der Waals surface area contributed by atoms with Gasteiger partial charge in [-0.05, 0) is 143 Å². The maximum atomic E-state index is 5.87. The van der Waals surface area contributed by atoms with E-state index < -0.39 is 0 Å². The molecule has 0 atom stereocenters. The minimum absolute atomic E-state index is 0.0418. The summed E-state index contributed by atoms with van der Waals surface area (Å²) in [6.07, 6.45) is 0. The van der Waals surface area contributed by atoms with E-state index >= 15 is 0 Å². The Balaban J connectivity index is 1.34. The molecule has 0 N–H and O–H groups in total. The summed E-state index contributed by atoms with van der Waals surface area (Å²) in [5, 5.41) is 2.23. The van der Waals surface area contributed by atoms with Crippen LogP contribution in [0.3, 0.4) is 0 Å². The molecule has 5 heteroatoms. The summed E-state index contributed by atoms with van der Waals surface area (Å²) in [4.78, 5) is 11.1. The molecule has 0 spiro atoms. The van der Waals surface area contributed by atoms with Crippen LogP contribution in [-0.2, 0) is 32.5 Å². The quantitative estimate of drug-likeness (QED) is 0.164. The zero-order valence-electron chi connectivity index (χ0n) is 45.3. The lowest BCUT2D eigenvalue weighted by Gasteiger charge is -2.44. The van der Waals surface area contributed by atoms with Gasteiger partial charge < -0.3 is 9.80 Å². The molecule has 0 aliphatic carbocycles. The number of aromatic nitrogens is 1. The molecule has 0 saturated carbocycles. The van der Waals surface area contributed by atoms with E-state index in [2.05, 4.69) is 257 Å². The van der Waals surface area contributed by atoms with Crippen molar-refractivity contribution >= 4 is 68.0 Å². The van der Waals surface area contributed by atoms with Gasteiger partial charge in [-0.15, -0.1) is 0 Å². The fourth-order valence-corrected chi connectivity index (χ4v) is 11.2. The predicted octanol–water partition coefficient (Wildman–Crippen LogP) is 16.7. The zero-order chi connectivity index (χ0) is 50.1. The third-order valence-electron chi connectivity index (χ3n) is 14.6. The number of nitrogens with zero attached hydrogens (tertiary/aromatic N) is 3. The van der Waals surface area contributed by atoms with Crippen molar-refractivity contribution in [2.75, 3.05) is 9.80 Å². The third kappa shape index (κ3) is 9.03. The Kier molecular flexibility index (Phi) is 11.5. The summed E-state index contributed by atoms with van der Waals surface area (Å²) in [6.45, 7) is 44.2. The van der Waals surface area contributed by atoms with Gasteiger partial charge in [-0.1, -0.05) is 209 Å². The SMILES string of the molecule is Cc1cc2c3c(c1)N(c1cc(C(C)(C)C)cc(C(C)(C)C)c1)c1sc(-c4ccc(-c5ccc(C(C)(C)C)cc5)cc4)nc1B3c1cc(C(C)(C)C)ccc1N2c1cc(C(C)(C)C)cc(C(C)(C)C)c1. The van der Waals surface area contributed by atoms with E-state index in [0.29, 0.717) is 0 Å². The van der Waals surface area contributed by atoms with E-state index in [0.717, 1.165) is 16.2 Å². The molecule has 356 valence electrons. The fourth-order valence-electron chi connectivity index (χ4n) is 10.1. The van der Waals surface area contributed by atoms with Gasteiger partial charge in [0, 0.05) is 34.0 Å². The lowest BCUT2D eigenvalue weighted by atomic mass is 9.35. The molecule has 2 aliphatic rings. The normalized spacial score (nSPS) is 14.2. The highest BCUT2D eigenvalue weighted by atomic mass is 32.1. The number of rotatable bonds is 4. The molecule has 6 aromatic carbocycles. The molecule has 0 saturated heterocycles. The molecule has 9 rings (SSSR count). The van der Waals surface area contributed by atoms with Crippen molar-refractivity contribution in [2.45, 2.75) is 164 Å². The van der Waals surface area contributed by atoms with Crippen LogP contribution in [0.5, 0.6) is 0 Å². The number of thiazole rings is 1. The van der Waals surface area contributed by atoms with Crippen LogP contribution in [0.25, 0.3) is 21.7 Å². The van der Waals surface area contributed by atoms with Crippen molar-refractivity contribution in [2.24, 2.45) is 0 Å². The number of hydrogen-bond donors (Lipinski definition) is 0. The van der Waals surface area contributed by atoms with Gasteiger partial charge in [0.2, 0.25) is 0 Å². The average molecular weight is 930 g/mol. The first-order chi connectivity index (χ1) is 31.9. The predicted molar refractivity (Wildman–Crippen MR) is 304 cm³/mol. The molecular formula is C64H76BN3S. The van der Waals surface area contributed by atoms with Crippen molar-refractivity contribution in [3.63, 3.8) is 0 Å². The van der Waals surface area contributed by atoms with Crippen LogP contribution in [-0.4, -0.2) is 11.7 Å². The van der Waals surface area contributed by atoms with Crippen LogP contribution in [0, 0.1) is 6.92 Å². The summed E-state index contributed by atoms with van der Waals surface area (Å²) < 4.78 is 0. The number of fused-ring (bicyclic) bond motifs is 4. The Morgan fingerprint density at radius 2 is 0.783 bits per heavy atom. The van der Waals surface area contributed by atoms with Crippen LogP contribution >= 0.6 is 11.3 Å². The van der Waals surface area contributed by atoms with E-state index in [1.54, 1.807) is 0 Å². The molecule has 3 heterocycles. The lowest BCUT2D eigenvalue weighted by molar-refractivity contribution is 0.568. The lowest BCUT2D eigenvalue weighted by Crippen LogP contribution is -2.61. The average Bonchev–Trinajstić information content (AvgIpc) is 3.69. The van der Waals surface area contributed by atoms with Crippen LogP contribution in [0.4, 0.5) is 33.4 Å². The first kappa shape index (κ1) is 48.6. The minimum Gasteiger partial charge on any atom is -0.311 e. The van der Waals surface area contributed by atoms with Crippen molar-refractivity contribution in [3.05, 3.63) is 154 Å². The molecule has 0 amide bonds. The van der Waals surface area contributed by atoms with Crippen LogP contribution < -0.4 is 26.3 Å². The topological polar surface area (TPSA) is 19.4 Å². The summed E-state index contributed by atoms with van der Waals surface area (Å²) in [5.41, 5.74) is 22.5. The van der Waals surface area contributed by atoms with E-state index in [1.165, 1.54) is 94.4 Å². The van der Waals surface area contributed by atoms with Crippen LogP contribution in [0.2, 0.25) is 0 Å². The minimum atomic E-state index is -0.0817. The first-order valence-electron chi connectivity index (χ1n) is 25.3. The summed E-state index contributed by atoms with van der Waals surface area (Å²) in [5.74, 6) is 0. The molecule has 69 heavy (non-hydrogen) atoms. The van der Waals surface area contributed by atoms with E-state index in [4.69, 9.17) is 4.98 Å². The summed E-state index contributed by atoms with van der Waals surface area (Å²) in [7, 11) is 0. The third-order valence-corrected chi connectivity index (χ3v) is 15.7. The number of aryl methyl sites for hydroxylation is 1. The fraction of sp³-hybridized carbons (Fsp3) is 0.391. The molecule has 0 fully saturated rings. The smallest absolute Gasteiger partial charge is 0.276 e. The van der Waals surface area contributed by atoms with Crippen LogP contribution in [0.1, 0.15) is 164 Å². The van der Waals surface area contributed by atoms with E-state index in [1.807, 2.05) is 11.3 Å². The van der Waals surface area contributed by atoms with Gasteiger partial charge >= 0.3 is 0 Å². The van der Waals surface area contributed by atoms with Gasteiger partial charge in [0.05, 0.1) is 5.59 Å². The van der Waals surface area contributed by atoms with Gasteiger partial charge in [0.15, 0.2) is 0 Å². The summed E-state index contributed by atoms with van der Waals surface area (Å²) >= 11 is 1.84. The maximum Gasteiger partial charge on any atom is 0.276 e. The Morgan fingerprint density at radius 1 is 0.391 bits per heavy atom. The standard InChI is InChI=1S/C64H76BN3S/c1-39-30-53-55-54(31-39)68(50-36-47(63(14,15)16)33-48(37-50)64(17,18)19)58-56(66-57(69-58)42-22-20-40(21-23-42)41-24-26-43(27-25-41)59(2,3)4)65(55)51-38-44(60(5,6)7)28-29-52(51)67(53)49-34-45(61(8,9)10)32-46(35-49)62(11,12)13/h20-38H,1-19H3. The second kappa shape index (κ2) is 16.3. The van der Waals surface area contributed by atoms with Crippen molar-refractivity contribution in [1.29, 1.82) is 0 Å². The first-order valence-corrected chi connectivity index (χ1v) is 26.1. The van der Waals surface area contributed by atoms with Gasteiger partial charge in [-0.2, -0.15) is 0 Å². The van der Waals surface area contributed by atoms with E-state index in [9.17, 15) is 0 Å². The monoisotopic (exact) mass is 930 g/mol. The summed E-state index contributed by atoms with van der Waals surface area (Å²) in [6, 6.07) is 45.2. The van der Waals surface area contributed by atoms with Crippen molar-refractivity contribution < 1.29 is 0 Å². The Morgan fingerprint density at radius 3 is 1.23 bits per heavy atom. The highest BCUT2D eigenvalue weighted by Crippen LogP contribution is 2.50. The van der Waals surface area contributed by atoms with Gasteiger partial charge in [-0.25, -0.2) is 4.98 Å². The van der Waals surface area contributed by atoms with Crippen LogP contribution in [0.15, 0.2) is 115 Å². The second-order valence-corrected chi connectivity index (χ2v) is 27.5. The molecule has 0 bridgehead atoms. The van der Waals surface area contributed by atoms with E-state index in [-0.39, 0.29) is 39.2 Å².